The molecule has 0 aromatic rings. The lowest BCUT2D eigenvalue weighted by Gasteiger charge is -1.99. The highest BCUT2D eigenvalue weighted by molar-refractivity contribution is 5.82. The number of methoxy groups -OCH3 is 1. The van der Waals surface area contributed by atoms with Crippen molar-refractivity contribution >= 4 is 11.8 Å². The Morgan fingerprint density at radius 2 is 1.93 bits per heavy atom. The highest BCUT2D eigenvalue weighted by atomic mass is 16.5. The normalized spacial score (nSPS) is 9.14. The summed E-state index contributed by atoms with van der Waals surface area (Å²) in [5, 5.41) is 0. The van der Waals surface area contributed by atoms with Gasteiger partial charge in [0.25, 0.3) is 0 Å². The lowest BCUT2D eigenvalue weighted by molar-refractivity contribution is -0.141. The van der Waals surface area contributed by atoms with E-state index < -0.39 is 0 Å². The van der Waals surface area contributed by atoms with E-state index in [1.165, 1.54) is 7.11 Å². The third kappa shape index (κ3) is 7.35. The van der Waals surface area contributed by atoms with E-state index >= 15 is 0 Å². The molecule has 0 heterocycles. The maximum Gasteiger partial charge on any atom is 0.305 e. The number of rotatable bonds is 7. The first kappa shape index (κ1) is 12.7. The quantitative estimate of drug-likeness (QED) is 0.353. The summed E-state index contributed by atoms with van der Waals surface area (Å²) in [5.74, 6) is 2.29. The van der Waals surface area contributed by atoms with Crippen molar-refractivity contribution in [2.45, 2.75) is 38.5 Å². The van der Waals surface area contributed by atoms with E-state index in [4.69, 9.17) is 6.42 Å². The number of hydrogen-bond acceptors (Lipinski definition) is 3. The van der Waals surface area contributed by atoms with Gasteiger partial charge < -0.3 is 4.74 Å². The summed E-state index contributed by atoms with van der Waals surface area (Å²) < 4.78 is 4.43. The number of unbranched alkanes of at least 4 members (excludes halogenated alkanes) is 2. The van der Waals surface area contributed by atoms with Gasteiger partial charge in [0.05, 0.1) is 13.5 Å². The van der Waals surface area contributed by atoms with Crippen molar-refractivity contribution in [2.24, 2.45) is 0 Å². The monoisotopic (exact) mass is 196 g/mol. The molecule has 0 aliphatic rings. The maximum atomic E-state index is 11.2. The van der Waals surface area contributed by atoms with Crippen molar-refractivity contribution in [1.82, 2.24) is 0 Å². The molecule has 0 N–H and O–H groups in total. The molecule has 0 aliphatic carbocycles. The van der Waals surface area contributed by atoms with Crippen molar-refractivity contribution in [1.29, 1.82) is 0 Å². The van der Waals surface area contributed by atoms with Crippen LogP contribution in [0.25, 0.3) is 0 Å². The zero-order valence-corrected chi connectivity index (χ0v) is 8.54. The second-order valence-electron chi connectivity index (χ2n) is 3.03. The largest absolute Gasteiger partial charge is 0.469 e. The Bertz CT molecular complexity index is 225. The van der Waals surface area contributed by atoms with E-state index in [1.807, 2.05) is 0 Å². The molecule has 78 valence electrons. The molecule has 14 heavy (non-hydrogen) atoms. The molecule has 0 spiro atoms. The molecule has 0 atom stereocenters. The summed E-state index contributed by atoms with van der Waals surface area (Å²) in [6.45, 7) is 0. The van der Waals surface area contributed by atoms with Gasteiger partial charge in [-0.2, -0.15) is 0 Å². The average molecular weight is 196 g/mol. The Morgan fingerprint density at radius 3 is 2.50 bits per heavy atom. The summed E-state index contributed by atoms with van der Waals surface area (Å²) in [5.41, 5.74) is 0. The van der Waals surface area contributed by atoms with Gasteiger partial charge in [0, 0.05) is 19.3 Å². The van der Waals surface area contributed by atoms with Gasteiger partial charge in [-0.05, 0) is 12.8 Å². The molecule has 0 bridgehead atoms. The number of Topliss-reactive ketones (excluding diaryl/α,β-unsaturated/α-hetero) is 1. The standard InChI is InChI=1S/C11H16O3/c1-3-4-5-6-7-10(12)8-9-11(13)14-2/h1H,4-9H2,2H3. The molecular weight excluding hydrogens is 180 g/mol. The number of terminal acetylenes is 1. The van der Waals surface area contributed by atoms with Crippen molar-refractivity contribution in [3.63, 3.8) is 0 Å². The number of carbonyl (C=O) groups excluding carboxylic acids is 2. The molecule has 0 unspecified atom stereocenters. The molecule has 0 fully saturated rings. The van der Waals surface area contributed by atoms with Gasteiger partial charge in [-0.3, -0.25) is 9.59 Å². The fourth-order valence-electron chi connectivity index (χ4n) is 1.02. The van der Waals surface area contributed by atoms with Crippen LogP contribution in [-0.4, -0.2) is 18.9 Å². The van der Waals surface area contributed by atoms with E-state index in [1.54, 1.807) is 0 Å². The summed E-state index contributed by atoms with van der Waals surface area (Å²) in [7, 11) is 1.32. The van der Waals surface area contributed by atoms with Gasteiger partial charge in [-0.25, -0.2) is 0 Å². The van der Waals surface area contributed by atoms with Crippen LogP contribution in [0.1, 0.15) is 38.5 Å². The fraction of sp³-hybridized carbons (Fsp3) is 0.636. The number of ether oxygens (including phenoxy) is 1. The first-order valence-corrected chi connectivity index (χ1v) is 4.72. The molecule has 0 rings (SSSR count). The molecule has 0 saturated heterocycles. The second-order valence-corrected chi connectivity index (χ2v) is 3.03. The molecule has 0 aliphatic heterocycles. The van der Waals surface area contributed by atoms with Crippen LogP contribution in [-0.2, 0) is 14.3 Å². The number of esters is 1. The predicted molar refractivity (Wildman–Crippen MR) is 53.6 cm³/mol. The van der Waals surface area contributed by atoms with Gasteiger partial charge in [-0.1, -0.05) is 0 Å². The van der Waals surface area contributed by atoms with Crippen molar-refractivity contribution in [3.8, 4) is 12.3 Å². The minimum atomic E-state index is -0.332. The smallest absolute Gasteiger partial charge is 0.305 e. The van der Waals surface area contributed by atoms with Gasteiger partial charge in [0.15, 0.2) is 0 Å². The van der Waals surface area contributed by atoms with E-state index in [0.717, 1.165) is 12.8 Å². The summed E-state index contributed by atoms with van der Waals surface area (Å²) >= 11 is 0. The van der Waals surface area contributed by atoms with Crippen molar-refractivity contribution in [3.05, 3.63) is 0 Å². The number of ketones is 1. The minimum Gasteiger partial charge on any atom is -0.469 e. The Morgan fingerprint density at radius 1 is 1.21 bits per heavy atom. The van der Waals surface area contributed by atoms with Crippen molar-refractivity contribution in [2.75, 3.05) is 7.11 Å². The Hall–Kier alpha value is -1.30. The maximum absolute atomic E-state index is 11.2. The van der Waals surface area contributed by atoms with E-state index in [-0.39, 0.29) is 24.6 Å². The zero-order valence-electron chi connectivity index (χ0n) is 8.54. The van der Waals surface area contributed by atoms with E-state index in [2.05, 4.69) is 10.7 Å². The SMILES string of the molecule is C#CCCCCC(=O)CCC(=O)OC. The number of hydrogen-bond donors (Lipinski definition) is 0. The fourth-order valence-corrected chi connectivity index (χ4v) is 1.02. The van der Waals surface area contributed by atoms with Crippen LogP contribution in [0.5, 0.6) is 0 Å². The van der Waals surface area contributed by atoms with Crippen LogP contribution < -0.4 is 0 Å². The summed E-state index contributed by atoms with van der Waals surface area (Å²) in [6.07, 6.45) is 8.44. The molecule has 3 nitrogen and oxygen atoms in total. The van der Waals surface area contributed by atoms with Crippen LogP contribution >= 0.6 is 0 Å². The molecule has 0 aromatic heterocycles. The molecule has 0 aromatic carbocycles. The number of carbonyl (C=O) groups is 2. The lowest BCUT2D eigenvalue weighted by Crippen LogP contribution is -2.05. The van der Waals surface area contributed by atoms with Gasteiger partial charge >= 0.3 is 5.97 Å². The first-order chi connectivity index (χ1) is 6.70. The topological polar surface area (TPSA) is 43.4 Å². The van der Waals surface area contributed by atoms with Crippen LogP contribution in [0.4, 0.5) is 0 Å². The van der Waals surface area contributed by atoms with Gasteiger partial charge in [0.1, 0.15) is 5.78 Å². The third-order valence-electron chi connectivity index (χ3n) is 1.86. The van der Waals surface area contributed by atoms with Gasteiger partial charge in [-0.15, -0.1) is 12.3 Å². The van der Waals surface area contributed by atoms with E-state index in [0.29, 0.717) is 12.8 Å². The van der Waals surface area contributed by atoms with Gasteiger partial charge in [0.2, 0.25) is 0 Å². The molecule has 0 amide bonds. The Labute approximate surface area is 84.8 Å². The minimum absolute atomic E-state index is 0.104. The first-order valence-electron chi connectivity index (χ1n) is 4.72. The summed E-state index contributed by atoms with van der Waals surface area (Å²) in [6, 6.07) is 0. The lowest BCUT2D eigenvalue weighted by atomic mass is 10.1. The average Bonchev–Trinajstić information content (AvgIpc) is 2.21. The third-order valence-corrected chi connectivity index (χ3v) is 1.86. The molecular formula is C11H16O3. The highest BCUT2D eigenvalue weighted by Gasteiger charge is 2.06. The summed E-state index contributed by atoms with van der Waals surface area (Å²) in [4.78, 5) is 21.9. The Balaban J connectivity index is 3.38. The second kappa shape index (κ2) is 8.31. The predicted octanol–water partition coefficient (Wildman–Crippen LogP) is 1.70. The zero-order chi connectivity index (χ0) is 10.8. The van der Waals surface area contributed by atoms with Crippen LogP contribution in [0.3, 0.4) is 0 Å². The van der Waals surface area contributed by atoms with Crippen LogP contribution in [0.2, 0.25) is 0 Å². The van der Waals surface area contributed by atoms with E-state index in [9.17, 15) is 9.59 Å². The molecule has 0 radical (unpaired) electrons. The molecule has 0 saturated carbocycles. The van der Waals surface area contributed by atoms with Crippen LogP contribution in [0, 0.1) is 12.3 Å². The molecule has 3 heteroatoms. The van der Waals surface area contributed by atoms with Crippen molar-refractivity contribution < 1.29 is 14.3 Å². The Kier molecular flexibility index (Phi) is 7.53. The highest BCUT2D eigenvalue weighted by Crippen LogP contribution is 2.03. The van der Waals surface area contributed by atoms with Crippen LogP contribution in [0.15, 0.2) is 0 Å².